The molecule has 4 aromatic rings. The summed E-state index contributed by atoms with van der Waals surface area (Å²) in [5.41, 5.74) is -1.35. The third kappa shape index (κ3) is 7.14. The number of nitrogens with zero attached hydrogens (tertiary/aromatic N) is 2. The number of carboxylic acid groups (broad SMARTS) is 1. The normalized spacial score (nSPS) is 13.2. The molecule has 0 spiro atoms. The number of pyridine rings is 1. The number of amides is 2. The van der Waals surface area contributed by atoms with Crippen LogP contribution in [-0.2, 0) is 22.3 Å². The Labute approximate surface area is 251 Å². The maximum absolute atomic E-state index is 14.4. The molecular weight excluding hydrogens is 608 g/mol. The van der Waals surface area contributed by atoms with Crippen molar-refractivity contribution in [1.29, 1.82) is 0 Å². The lowest BCUT2D eigenvalue weighted by atomic mass is 10.1. The second-order valence-corrected chi connectivity index (χ2v) is 9.55. The van der Waals surface area contributed by atoms with Gasteiger partial charge in [0.2, 0.25) is 5.89 Å². The number of methoxy groups -OCH3 is 1. The van der Waals surface area contributed by atoms with Crippen LogP contribution >= 0.6 is 0 Å². The van der Waals surface area contributed by atoms with Crippen molar-refractivity contribution >= 4 is 28.7 Å². The lowest BCUT2D eigenvalue weighted by Crippen LogP contribution is -3.10. The van der Waals surface area contributed by atoms with Gasteiger partial charge < -0.3 is 29.9 Å². The van der Waals surface area contributed by atoms with Gasteiger partial charge in [0.05, 0.1) is 13.2 Å². The van der Waals surface area contributed by atoms with E-state index in [2.05, 4.69) is 15.3 Å². The van der Waals surface area contributed by atoms with Crippen LogP contribution < -0.4 is 15.1 Å². The van der Waals surface area contributed by atoms with E-state index in [1.807, 2.05) is 0 Å². The summed E-state index contributed by atoms with van der Waals surface area (Å²) in [6.45, 7) is 0.225. The van der Waals surface area contributed by atoms with E-state index in [4.69, 9.17) is 14.3 Å². The molecule has 0 saturated carbocycles. The maximum Gasteiger partial charge on any atom is 0.433 e. The number of carbonyl (C=O) groups excluding carboxylic acids is 2. The molecule has 0 bridgehead atoms. The van der Waals surface area contributed by atoms with Gasteiger partial charge in [-0.05, 0) is 42.8 Å². The van der Waals surface area contributed by atoms with Crippen LogP contribution in [-0.4, -0.2) is 51.7 Å². The predicted molar refractivity (Wildman–Crippen MR) is 147 cm³/mol. The molecule has 0 fully saturated rings. The number of hydroxylamine groups is 2. The van der Waals surface area contributed by atoms with E-state index in [9.17, 15) is 42.3 Å². The van der Waals surface area contributed by atoms with E-state index in [1.54, 1.807) is 13.0 Å². The zero-order valence-corrected chi connectivity index (χ0v) is 23.4. The van der Waals surface area contributed by atoms with E-state index in [0.717, 1.165) is 6.07 Å². The third-order valence-corrected chi connectivity index (χ3v) is 6.51. The molecule has 0 radical (unpaired) electrons. The van der Waals surface area contributed by atoms with Gasteiger partial charge >= 0.3 is 18.1 Å². The summed E-state index contributed by atoms with van der Waals surface area (Å²) >= 11 is 0. The molecule has 0 aliphatic rings. The Morgan fingerprint density at radius 2 is 1.87 bits per heavy atom. The van der Waals surface area contributed by atoms with Crippen LogP contribution in [0.3, 0.4) is 0 Å². The van der Waals surface area contributed by atoms with Crippen molar-refractivity contribution in [3.05, 3.63) is 93.9 Å². The number of fused-ring (bicyclic) bond motifs is 1. The molecule has 2 heterocycles. The molecule has 2 aromatic carbocycles. The standard InChI is InChI=1S/C29H24F4N4O8/c1-14-3-4-15(18(30)11-14)12-34-27(42)25-26(19(13-38)37(43)22(39)9-10-23(40)41)45-28(36-25)17-5-7-20(44-2)24-16(17)6-8-21(35-24)29(31,32)33/h3-11,19,37-38H,12-13H2,1-2H3,(H,34,42)(H,40,41)/b10-9+/t19-/m0/s1. The topological polar surface area (TPSA) is 179 Å². The Bertz CT molecular complexity index is 1810. The van der Waals surface area contributed by atoms with Crippen molar-refractivity contribution in [2.24, 2.45) is 0 Å². The van der Waals surface area contributed by atoms with Crippen LogP contribution in [0.2, 0.25) is 0 Å². The van der Waals surface area contributed by atoms with E-state index in [-0.39, 0.29) is 34.3 Å². The highest BCUT2D eigenvalue weighted by Gasteiger charge is 2.35. The molecule has 0 aliphatic carbocycles. The minimum absolute atomic E-state index is 0.00172. The fourth-order valence-corrected chi connectivity index (χ4v) is 4.29. The molecule has 236 valence electrons. The molecule has 45 heavy (non-hydrogen) atoms. The minimum Gasteiger partial charge on any atom is -0.626 e. The number of benzene rings is 2. The van der Waals surface area contributed by atoms with E-state index >= 15 is 0 Å². The number of aliphatic carboxylic acids is 1. The van der Waals surface area contributed by atoms with Crippen molar-refractivity contribution in [2.45, 2.75) is 25.7 Å². The summed E-state index contributed by atoms with van der Waals surface area (Å²) in [5, 5.41) is 32.9. The number of aliphatic hydroxyl groups excluding tert-OH is 1. The summed E-state index contributed by atoms with van der Waals surface area (Å²) in [5.74, 6) is -5.58. The first-order valence-corrected chi connectivity index (χ1v) is 12.9. The highest BCUT2D eigenvalue weighted by Crippen LogP contribution is 2.37. The fraction of sp³-hybridized carbons (Fsp3) is 0.207. The second-order valence-electron chi connectivity index (χ2n) is 9.55. The molecule has 2 aromatic heterocycles. The van der Waals surface area contributed by atoms with Gasteiger partial charge in [0.25, 0.3) is 5.91 Å². The van der Waals surface area contributed by atoms with Gasteiger partial charge in [0.1, 0.15) is 29.4 Å². The smallest absolute Gasteiger partial charge is 0.433 e. The molecule has 4 N–H and O–H groups in total. The summed E-state index contributed by atoms with van der Waals surface area (Å²) in [6.07, 6.45) is -3.94. The largest absolute Gasteiger partial charge is 0.626 e. The average Bonchev–Trinajstić information content (AvgIpc) is 3.43. The predicted octanol–water partition coefficient (Wildman–Crippen LogP) is 2.88. The molecule has 2 amide bonds. The van der Waals surface area contributed by atoms with Crippen LogP contribution in [0.5, 0.6) is 5.75 Å². The number of aromatic nitrogens is 2. The Morgan fingerprint density at radius 3 is 2.49 bits per heavy atom. The van der Waals surface area contributed by atoms with Gasteiger partial charge in [-0.1, -0.05) is 12.1 Å². The second kappa shape index (κ2) is 13.2. The molecule has 12 nitrogen and oxygen atoms in total. The van der Waals surface area contributed by atoms with Crippen molar-refractivity contribution < 1.29 is 56.4 Å². The summed E-state index contributed by atoms with van der Waals surface area (Å²) in [6, 6.07) is 6.80. The number of carbonyl (C=O) groups is 3. The quantitative estimate of drug-likeness (QED) is 0.115. The molecule has 4 rings (SSSR count). The Balaban J connectivity index is 1.84. The maximum atomic E-state index is 14.4. The Kier molecular flexibility index (Phi) is 9.60. The van der Waals surface area contributed by atoms with Gasteiger partial charge in [0.15, 0.2) is 17.5 Å². The highest BCUT2D eigenvalue weighted by molar-refractivity contribution is 5.98. The van der Waals surface area contributed by atoms with Gasteiger partial charge in [-0.3, -0.25) is 9.86 Å². The highest BCUT2D eigenvalue weighted by atomic mass is 19.4. The minimum atomic E-state index is -4.79. The molecule has 0 aliphatic heterocycles. The lowest BCUT2D eigenvalue weighted by Gasteiger charge is -2.25. The molecule has 1 unspecified atom stereocenters. The zero-order chi connectivity index (χ0) is 33.1. The van der Waals surface area contributed by atoms with Crippen LogP contribution in [0, 0.1) is 17.9 Å². The number of halogens is 4. The van der Waals surface area contributed by atoms with Crippen LogP contribution in [0.25, 0.3) is 22.4 Å². The Morgan fingerprint density at radius 1 is 1.13 bits per heavy atom. The molecular formula is C29H24F4N4O8. The van der Waals surface area contributed by atoms with Crippen LogP contribution in [0.4, 0.5) is 17.6 Å². The number of aryl methyl sites for hydroxylation is 1. The zero-order valence-electron chi connectivity index (χ0n) is 23.4. The summed E-state index contributed by atoms with van der Waals surface area (Å²) in [4.78, 5) is 44.3. The van der Waals surface area contributed by atoms with Crippen LogP contribution in [0.15, 0.2) is 59.0 Å². The van der Waals surface area contributed by atoms with E-state index in [0.29, 0.717) is 23.8 Å². The summed E-state index contributed by atoms with van der Waals surface area (Å²) < 4.78 is 65.5. The first kappa shape index (κ1) is 32.7. The summed E-state index contributed by atoms with van der Waals surface area (Å²) in [7, 11) is 1.21. The van der Waals surface area contributed by atoms with Crippen molar-refractivity contribution in [3.8, 4) is 17.2 Å². The lowest BCUT2D eigenvalue weighted by molar-refractivity contribution is -0.801. The molecule has 2 atom stereocenters. The Hall–Kier alpha value is -5.19. The first-order valence-electron chi connectivity index (χ1n) is 12.9. The molecule has 16 heteroatoms. The number of oxazole rings is 1. The van der Waals surface area contributed by atoms with Gasteiger partial charge in [-0.2, -0.15) is 13.2 Å². The fourth-order valence-electron chi connectivity index (χ4n) is 4.29. The number of rotatable bonds is 10. The van der Waals surface area contributed by atoms with Crippen molar-refractivity contribution in [1.82, 2.24) is 15.3 Å². The number of quaternary nitrogens is 1. The monoisotopic (exact) mass is 632 g/mol. The van der Waals surface area contributed by atoms with E-state index < -0.39 is 70.5 Å². The number of hydrogen-bond acceptors (Lipinski definition) is 9. The van der Waals surface area contributed by atoms with Crippen LogP contribution in [0.1, 0.15) is 39.1 Å². The average molecular weight is 633 g/mol. The number of aliphatic hydroxyl groups is 1. The van der Waals surface area contributed by atoms with Gasteiger partial charge in [-0.15, -0.1) is 0 Å². The first-order chi connectivity index (χ1) is 21.2. The van der Waals surface area contributed by atoms with E-state index in [1.165, 1.54) is 31.4 Å². The van der Waals surface area contributed by atoms with Crippen molar-refractivity contribution in [2.75, 3.05) is 13.7 Å². The number of carboxylic acids is 1. The van der Waals surface area contributed by atoms with Gasteiger partial charge in [-0.25, -0.2) is 23.9 Å². The SMILES string of the molecule is COc1ccc(-c2nc(C(=O)NCc3ccc(C)cc3F)c([C@H](CO)[NH+]([O-])C(=O)/C=C/C(=O)O)o2)c2ccc(C(F)(F)F)nc12. The van der Waals surface area contributed by atoms with Gasteiger partial charge in [0, 0.05) is 29.1 Å². The number of ether oxygens (including phenoxy) is 1. The number of hydrogen-bond donors (Lipinski definition) is 4. The third-order valence-electron chi connectivity index (χ3n) is 6.51. The molecule has 0 saturated heterocycles. The van der Waals surface area contributed by atoms with Crippen molar-refractivity contribution in [3.63, 3.8) is 0 Å². The number of nitrogens with one attached hydrogen (secondary N) is 2. The number of alkyl halides is 3.